The molecule has 3 N–H and O–H groups in total. The Kier molecular flexibility index (Phi) is 12.8. The summed E-state index contributed by atoms with van der Waals surface area (Å²) in [6.45, 7) is 10.8. The molecule has 0 saturated heterocycles. The lowest BCUT2D eigenvalue weighted by Crippen LogP contribution is -2.54. The van der Waals surface area contributed by atoms with Gasteiger partial charge in [0, 0.05) is 13.0 Å². The highest BCUT2D eigenvalue weighted by molar-refractivity contribution is 5.93. The van der Waals surface area contributed by atoms with Gasteiger partial charge in [0.25, 0.3) is 0 Å². The van der Waals surface area contributed by atoms with Crippen molar-refractivity contribution >= 4 is 23.9 Å². The van der Waals surface area contributed by atoms with Crippen molar-refractivity contribution in [3.63, 3.8) is 0 Å². The van der Waals surface area contributed by atoms with Gasteiger partial charge >= 0.3 is 12.1 Å². The number of carbonyl (C=O) groups is 4. The van der Waals surface area contributed by atoms with E-state index >= 15 is 0 Å². The summed E-state index contributed by atoms with van der Waals surface area (Å²) in [5, 5.41) is 15.1. The van der Waals surface area contributed by atoms with E-state index in [-0.39, 0.29) is 25.3 Å². The zero-order chi connectivity index (χ0) is 31.4. The van der Waals surface area contributed by atoms with E-state index < -0.39 is 41.6 Å². The lowest BCUT2D eigenvalue weighted by atomic mass is 9.95. The molecule has 230 valence electrons. The molecule has 2 aromatic rings. The lowest BCUT2D eigenvalue weighted by Gasteiger charge is -2.35. The molecule has 0 radical (unpaired) electrons. The summed E-state index contributed by atoms with van der Waals surface area (Å²) in [5.74, 6) is -1.58. The fourth-order valence-corrected chi connectivity index (χ4v) is 4.45. The maximum Gasteiger partial charge on any atom is 0.408 e. The smallest absolute Gasteiger partial charge is 0.408 e. The van der Waals surface area contributed by atoms with Crippen LogP contribution in [0.1, 0.15) is 75.3 Å². The van der Waals surface area contributed by atoms with Crippen LogP contribution < -0.4 is 10.6 Å². The van der Waals surface area contributed by atoms with Gasteiger partial charge in [-0.1, -0.05) is 55.7 Å². The first kappa shape index (κ1) is 34.1. The number of hydrogen-bond donors (Lipinski definition) is 3. The molecular weight excluding hydrogens is 538 g/mol. The summed E-state index contributed by atoms with van der Waals surface area (Å²) in [6, 6.07) is 9.82. The molecule has 10 nitrogen and oxygen atoms in total. The Balaban J connectivity index is 2.61. The number of alkyl carbamates (subject to hydrolysis) is 1. The first-order valence-electron chi connectivity index (χ1n) is 14.2. The summed E-state index contributed by atoms with van der Waals surface area (Å²) < 4.78 is 10.2. The van der Waals surface area contributed by atoms with Crippen LogP contribution >= 0.6 is 0 Å². The maximum absolute atomic E-state index is 14.5. The summed E-state index contributed by atoms with van der Waals surface area (Å²) in [7, 11) is 1.23. The van der Waals surface area contributed by atoms with Crippen LogP contribution in [0.15, 0.2) is 42.5 Å². The summed E-state index contributed by atoms with van der Waals surface area (Å²) in [4.78, 5) is 54.5. The SMILES string of the molecule is CCCCCN(C(=O)C(Cc1ccc(O)cc1)NC(=O)OC(C)(C)C)C(C(=O)NCC(=O)OC)c1cc(C)ccc1C. The molecule has 0 spiro atoms. The highest BCUT2D eigenvalue weighted by Crippen LogP contribution is 2.28. The Hall–Kier alpha value is -4.08. The zero-order valence-corrected chi connectivity index (χ0v) is 25.8. The number of nitrogens with zero attached hydrogens (tertiary/aromatic N) is 1. The number of hydrogen-bond acceptors (Lipinski definition) is 7. The van der Waals surface area contributed by atoms with Crippen LogP contribution in [0, 0.1) is 13.8 Å². The van der Waals surface area contributed by atoms with Crippen molar-refractivity contribution < 1.29 is 33.8 Å². The quantitative estimate of drug-likeness (QED) is 0.234. The van der Waals surface area contributed by atoms with Gasteiger partial charge in [-0.05, 0) is 69.9 Å². The van der Waals surface area contributed by atoms with E-state index in [1.165, 1.54) is 24.1 Å². The van der Waals surface area contributed by atoms with E-state index in [1.807, 2.05) is 39.0 Å². The van der Waals surface area contributed by atoms with Gasteiger partial charge in [0.1, 0.15) is 30.0 Å². The van der Waals surface area contributed by atoms with Crippen molar-refractivity contribution in [2.75, 3.05) is 20.2 Å². The van der Waals surface area contributed by atoms with E-state index in [2.05, 4.69) is 10.6 Å². The van der Waals surface area contributed by atoms with Gasteiger partial charge in [-0.15, -0.1) is 0 Å². The average Bonchev–Trinajstić information content (AvgIpc) is 2.92. The number of aromatic hydroxyl groups is 1. The number of benzene rings is 2. The Bertz CT molecular complexity index is 1220. The third-order valence-corrected chi connectivity index (χ3v) is 6.57. The van der Waals surface area contributed by atoms with Crippen LogP contribution in [0.2, 0.25) is 0 Å². The molecule has 0 aliphatic rings. The van der Waals surface area contributed by atoms with Crippen LogP contribution in [-0.2, 0) is 30.3 Å². The molecule has 2 rings (SSSR count). The maximum atomic E-state index is 14.5. The lowest BCUT2D eigenvalue weighted by molar-refractivity contribution is -0.144. The first-order valence-corrected chi connectivity index (χ1v) is 14.2. The van der Waals surface area contributed by atoms with E-state index in [0.717, 1.165) is 24.0 Å². The number of ether oxygens (including phenoxy) is 2. The second-order valence-electron chi connectivity index (χ2n) is 11.4. The van der Waals surface area contributed by atoms with Crippen LogP contribution in [0.3, 0.4) is 0 Å². The molecule has 10 heteroatoms. The van der Waals surface area contributed by atoms with Gasteiger partial charge in [-0.2, -0.15) is 0 Å². The third-order valence-electron chi connectivity index (χ3n) is 6.57. The van der Waals surface area contributed by atoms with Gasteiger partial charge in [0.05, 0.1) is 7.11 Å². The van der Waals surface area contributed by atoms with Crippen LogP contribution in [0.5, 0.6) is 5.75 Å². The van der Waals surface area contributed by atoms with Crippen LogP contribution in [0.4, 0.5) is 4.79 Å². The van der Waals surface area contributed by atoms with Crippen molar-refractivity contribution in [2.24, 2.45) is 0 Å². The number of amides is 3. The molecule has 0 aliphatic carbocycles. The third kappa shape index (κ3) is 10.7. The summed E-state index contributed by atoms with van der Waals surface area (Å²) in [5.41, 5.74) is 2.20. The number of phenolic OH excluding ortho intramolecular Hbond substituents is 1. The largest absolute Gasteiger partial charge is 0.508 e. The molecule has 2 aromatic carbocycles. The second kappa shape index (κ2) is 15.8. The van der Waals surface area contributed by atoms with Crippen molar-refractivity contribution in [3.05, 3.63) is 64.7 Å². The molecule has 0 heterocycles. The first-order chi connectivity index (χ1) is 19.7. The normalized spacial score (nSPS) is 12.5. The zero-order valence-electron chi connectivity index (χ0n) is 25.8. The Labute approximate surface area is 248 Å². The molecule has 0 aromatic heterocycles. The van der Waals surface area contributed by atoms with Gasteiger partial charge < -0.3 is 30.1 Å². The fourth-order valence-electron chi connectivity index (χ4n) is 4.45. The molecule has 42 heavy (non-hydrogen) atoms. The highest BCUT2D eigenvalue weighted by Gasteiger charge is 2.37. The molecule has 0 bridgehead atoms. The number of unbranched alkanes of at least 4 members (excludes halogenated alkanes) is 2. The van der Waals surface area contributed by atoms with Crippen molar-refractivity contribution in [1.29, 1.82) is 0 Å². The molecule has 0 fully saturated rings. The number of methoxy groups -OCH3 is 1. The van der Waals surface area contributed by atoms with Crippen LogP contribution in [-0.4, -0.2) is 65.7 Å². The van der Waals surface area contributed by atoms with E-state index in [4.69, 9.17) is 9.47 Å². The number of rotatable bonds is 13. The minimum atomic E-state index is -1.09. The van der Waals surface area contributed by atoms with Gasteiger partial charge in [-0.25, -0.2) is 4.79 Å². The molecule has 0 saturated carbocycles. The Morgan fingerprint density at radius 3 is 2.26 bits per heavy atom. The molecule has 0 aliphatic heterocycles. The predicted octanol–water partition coefficient (Wildman–Crippen LogP) is 4.49. The second-order valence-corrected chi connectivity index (χ2v) is 11.4. The monoisotopic (exact) mass is 583 g/mol. The van der Waals surface area contributed by atoms with Gasteiger partial charge in [0.15, 0.2) is 0 Å². The molecule has 3 amide bonds. The number of carbonyl (C=O) groups excluding carboxylic acids is 4. The van der Waals surface area contributed by atoms with Gasteiger partial charge in [-0.3, -0.25) is 14.4 Å². The number of nitrogens with one attached hydrogen (secondary N) is 2. The standard InChI is InChI=1S/C32H45N3O7/c1-8-9-10-17-35(28(29(38)33-20-27(37)41-7)25-18-21(2)11-12-22(25)3)30(39)26(34-31(40)42-32(4,5)6)19-23-13-15-24(36)16-14-23/h11-16,18,26,28,36H,8-10,17,19-20H2,1-7H3,(H,33,38)(H,34,40). The van der Waals surface area contributed by atoms with Crippen molar-refractivity contribution in [2.45, 2.75) is 84.9 Å². The molecule has 2 atom stereocenters. The summed E-state index contributed by atoms with van der Waals surface area (Å²) >= 11 is 0. The van der Waals surface area contributed by atoms with E-state index in [9.17, 15) is 24.3 Å². The number of esters is 1. The number of phenols is 1. The van der Waals surface area contributed by atoms with E-state index in [0.29, 0.717) is 17.5 Å². The minimum absolute atomic E-state index is 0.0696. The molecular formula is C32H45N3O7. The average molecular weight is 584 g/mol. The minimum Gasteiger partial charge on any atom is -0.508 e. The Morgan fingerprint density at radius 1 is 1.00 bits per heavy atom. The fraction of sp³-hybridized carbons (Fsp3) is 0.500. The van der Waals surface area contributed by atoms with Crippen LogP contribution in [0.25, 0.3) is 0 Å². The highest BCUT2D eigenvalue weighted by atomic mass is 16.6. The summed E-state index contributed by atoms with van der Waals surface area (Å²) in [6.07, 6.45) is 1.64. The van der Waals surface area contributed by atoms with E-state index in [1.54, 1.807) is 32.9 Å². The van der Waals surface area contributed by atoms with Crippen molar-refractivity contribution in [1.82, 2.24) is 15.5 Å². The van der Waals surface area contributed by atoms with Crippen molar-refractivity contribution in [3.8, 4) is 5.75 Å². The number of aryl methyl sites for hydroxylation is 2. The molecule has 2 unspecified atom stereocenters. The predicted molar refractivity (Wildman–Crippen MR) is 160 cm³/mol. The van der Waals surface area contributed by atoms with Gasteiger partial charge in [0.2, 0.25) is 11.8 Å². The Morgan fingerprint density at radius 2 is 1.67 bits per heavy atom. The topological polar surface area (TPSA) is 134 Å².